The van der Waals surface area contributed by atoms with Crippen LogP contribution >= 0.6 is 11.3 Å². The predicted molar refractivity (Wildman–Crippen MR) is 73.5 cm³/mol. The number of amides is 1. The number of hydrogen-bond acceptors (Lipinski definition) is 4. The van der Waals surface area contributed by atoms with Crippen molar-refractivity contribution >= 4 is 28.7 Å². The van der Waals surface area contributed by atoms with Crippen LogP contribution in [-0.4, -0.2) is 16.7 Å². The molecule has 0 radical (unpaired) electrons. The Morgan fingerprint density at radius 1 is 1.24 bits per heavy atom. The molecular formula is C14H10F2N2O2S. The van der Waals surface area contributed by atoms with Gasteiger partial charge in [0.25, 0.3) is 11.7 Å². The maximum Gasteiger partial charge on any atom is 0.299 e. The summed E-state index contributed by atoms with van der Waals surface area (Å²) in [4.78, 5) is 30.1. The molecule has 1 aromatic heterocycles. The molecular weight excluding hydrogens is 298 g/mol. The molecule has 3 rings (SSSR count). The Labute approximate surface area is 123 Å². The predicted octanol–water partition coefficient (Wildman–Crippen LogP) is 2.77. The maximum absolute atomic E-state index is 13.9. The smallest absolute Gasteiger partial charge is 0.295 e. The van der Waals surface area contributed by atoms with Crippen molar-refractivity contribution in [2.45, 2.75) is 20.4 Å². The van der Waals surface area contributed by atoms with E-state index >= 15 is 0 Å². The van der Waals surface area contributed by atoms with Gasteiger partial charge >= 0.3 is 0 Å². The van der Waals surface area contributed by atoms with Crippen LogP contribution in [0.15, 0.2) is 12.1 Å². The standard InChI is InChI=1S/C14H10F2N2O2S/c1-6-7(2)21-11(17-6)5-18-12-9(13(19)14(18)20)3-8(15)4-10(12)16/h3-4H,5H2,1-2H3. The summed E-state index contributed by atoms with van der Waals surface area (Å²) in [5.41, 5.74) is 0.423. The molecule has 0 spiro atoms. The molecule has 0 bridgehead atoms. The van der Waals surface area contributed by atoms with Crippen molar-refractivity contribution < 1.29 is 18.4 Å². The number of rotatable bonds is 2. The van der Waals surface area contributed by atoms with Gasteiger partial charge in [-0.1, -0.05) is 0 Å². The molecule has 2 heterocycles. The molecule has 0 saturated carbocycles. The van der Waals surface area contributed by atoms with Gasteiger partial charge in [0.2, 0.25) is 0 Å². The van der Waals surface area contributed by atoms with E-state index in [1.807, 2.05) is 13.8 Å². The van der Waals surface area contributed by atoms with Gasteiger partial charge in [-0.2, -0.15) is 0 Å². The van der Waals surface area contributed by atoms with Crippen molar-refractivity contribution in [3.63, 3.8) is 0 Å². The summed E-state index contributed by atoms with van der Waals surface area (Å²) < 4.78 is 27.1. The van der Waals surface area contributed by atoms with Crippen LogP contribution in [0.25, 0.3) is 0 Å². The number of ketones is 1. The van der Waals surface area contributed by atoms with Gasteiger partial charge in [-0.05, 0) is 19.9 Å². The Balaban J connectivity index is 2.05. The fraction of sp³-hybridized carbons (Fsp3) is 0.214. The van der Waals surface area contributed by atoms with Crippen LogP contribution < -0.4 is 4.90 Å². The van der Waals surface area contributed by atoms with Gasteiger partial charge in [-0.15, -0.1) is 11.3 Å². The minimum Gasteiger partial charge on any atom is -0.295 e. The first-order valence-electron chi connectivity index (χ1n) is 6.16. The van der Waals surface area contributed by atoms with E-state index in [4.69, 9.17) is 0 Å². The number of carbonyl (C=O) groups excluding carboxylic acids is 2. The molecule has 1 aliphatic heterocycles. The van der Waals surface area contributed by atoms with Crippen molar-refractivity contribution in [3.05, 3.63) is 44.9 Å². The molecule has 0 atom stereocenters. The number of benzene rings is 1. The monoisotopic (exact) mass is 308 g/mol. The third-order valence-corrected chi connectivity index (χ3v) is 4.41. The van der Waals surface area contributed by atoms with E-state index in [1.54, 1.807) is 0 Å². The normalized spacial score (nSPS) is 14.0. The second-order valence-electron chi connectivity index (χ2n) is 4.75. The lowest BCUT2D eigenvalue weighted by Crippen LogP contribution is -2.29. The number of Topliss-reactive ketones (excluding diaryl/α,β-unsaturated/α-hetero) is 1. The summed E-state index contributed by atoms with van der Waals surface area (Å²) in [7, 11) is 0. The quantitative estimate of drug-likeness (QED) is 0.802. The maximum atomic E-state index is 13.9. The Morgan fingerprint density at radius 2 is 1.95 bits per heavy atom. The first-order chi connectivity index (χ1) is 9.88. The third kappa shape index (κ3) is 2.13. The Bertz CT molecular complexity index is 766. The average Bonchev–Trinajstić information content (AvgIpc) is 2.83. The number of fused-ring (bicyclic) bond motifs is 1. The Morgan fingerprint density at radius 3 is 2.57 bits per heavy atom. The number of aryl methyl sites for hydroxylation is 2. The highest BCUT2D eigenvalue weighted by Crippen LogP contribution is 2.34. The lowest BCUT2D eigenvalue weighted by molar-refractivity contribution is -0.114. The molecule has 1 amide bonds. The van der Waals surface area contributed by atoms with Crippen molar-refractivity contribution in [2.75, 3.05) is 4.90 Å². The van der Waals surface area contributed by atoms with Gasteiger partial charge in [0.1, 0.15) is 10.8 Å². The molecule has 0 fully saturated rings. The summed E-state index contributed by atoms with van der Waals surface area (Å²) in [5.74, 6) is -3.56. The summed E-state index contributed by atoms with van der Waals surface area (Å²) in [6.45, 7) is 3.72. The Kier molecular flexibility index (Phi) is 3.09. The highest BCUT2D eigenvalue weighted by atomic mass is 32.1. The molecule has 1 aromatic carbocycles. The molecule has 0 unspecified atom stereocenters. The van der Waals surface area contributed by atoms with Gasteiger partial charge in [0, 0.05) is 10.9 Å². The molecule has 4 nitrogen and oxygen atoms in total. The minimum absolute atomic E-state index is 0.000523. The summed E-state index contributed by atoms with van der Waals surface area (Å²) in [5, 5.41) is 0.600. The van der Waals surface area contributed by atoms with Crippen LogP contribution in [0.5, 0.6) is 0 Å². The summed E-state index contributed by atoms with van der Waals surface area (Å²) >= 11 is 1.38. The van der Waals surface area contributed by atoms with E-state index in [0.29, 0.717) is 11.1 Å². The second-order valence-corrected chi connectivity index (χ2v) is 6.04. The first kappa shape index (κ1) is 13.8. The molecule has 2 aromatic rings. The van der Waals surface area contributed by atoms with E-state index in [9.17, 15) is 18.4 Å². The second kappa shape index (κ2) is 4.70. The van der Waals surface area contributed by atoms with Crippen molar-refractivity contribution in [1.29, 1.82) is 0 Å². The lowest BCUT2D eigenvalue weighted by atomic mass is 10.1. The fourth-order valence-corrected chi connectivity index (χ4v) is 3.17. The van der Waals surface area contributed by atoms with Gasteiger partial charge in [0.15, 0.2) is 5.82 Å². The zero-order valence-electron chi connectivity index (χ0n) is 11.2. The lowest BCUT2D eigenvalue weighted by Gasteiger charge is -2.15. The summed E-state index contributed by atoms with van der Waals surface area (Å²) in [6.07, 6.45) is 0. The SMILES string of the molecule is Cc1nc(CN2C(=O)C(=O)c3cc(F)cc(F)c32)sc1C. The van der Waals surface area contributed by atoms with Crippen LogP contribution in [0.3, 0.4) is 0 Å². The zero-order chi connectivity index (χ0) is 15.3. The van der Waals surface area contributed by atoms with Crippen LogP contribution in [0.4, 0.5) is 14.5 Å². The van der Waals surface area contributed by atoms with Crippen LogP contribution in [0.2, 0.25) is 0 Å². The van der Waals surface area contributed by atoms with Crippen molar-refractivity contribution in [3.8, 4) is 0 Å². The average molecular weight is 308 g/mol. The van der Waals surface area contributed by atoms with Gasteiger partial charge < -0.3 is 0 Å². The first-order valence-corrected chi connectivity index (χ1v) is 6.98. The Hall–Kier alpha value is -2.15. The molecule has 0 saturated heterocycles. The number of aromatic nitrogens is 1. The molecule has 1 aliphatic rings. The van der Waals surface area contributed by atoms with Gasteiger partial charge in [0.05, 0.1) is 23.5 Å². The number of thiazole rings is 1. The molecule has 7 heteroatoms. The van der Waals surface area contributed by atoms with Gasteiger partial charge in [-0.25, -0.2) is 13.8 Å². The molecule has 21 heavy (non-hydrogen) atoms. The largest absolute Gasteiger partial charge is 0.299 e. The van der Waals surface area contributed by atoms with Crippen molar-refractivity contribution in [1.82, 2.24) is 4.98 Å². The highest BCUT2D eigenvalue weighted by molar-refractivity contribution is 7.11. The summed E-state index contributed by atoms with van der Waals surface area (Å²) in [6, 6.07) is 1.55. The number of carbonyl (C=O) groups is 2. The number of hydrogen-bond donors (Lipinski definition) is 0. The highest BCUT2D eigenvalue weighted by Gasteiger charge is 2.39. The van der Waals surface area contributed by atoms with Crippen LogP contribution in [0, 0.1) is 25.5 Å². The number of nitrogens with zero attached hydrogens (tertiary/aromatic N) is 2. The molecule has 0 N–H and O–H groups in total. The zero-order valence-corrected chi connectivity index (χ0v) is 12.1. The van der Waals surface area contributed by atoms with E-state index < -0.39 is 23.3 Å². The van der Waals surface area contributed by atoms with Crippen LogP contribution in [-0.2, 0) is 11.3 Å². The minimum atomic E-state index is -0.922. The molecule has 108 valence electrons. The van der Waals surface area contributed by atoms with Gasteiger partial charge in [-0.3, -0.25) is 14.5 Å². The van der Waals surface area contributed by atoms with Crippen molar-refractivity contribution in [2.24, 2.45) is 0 Å². The molecule has 0 aliphatic carbocycles. The van der Waals surface area contributed by atoms with E-state index in [0.717, 1.165) is 21.5 Å². The number of anilines is 1. The van der Waals surface area contributed by atoms with E-state index in [-0.39, 0.29) is 17.8 Å². The third-order valence-electron chi connectivity index (χ3n) is 3.35. The topological polar surface area (TPSA) is 50.3 Å². The van der Waals surface area contributed by atoms with Crippen LogP contribution in [0.1, 0.15) is 25.9 Å². The van der Waals surface area contributed by atoms with E-state index in [1.165, 1.54) is 11.3 Å². The fourth-order valence-electron chi connectivity index (χ4n) is 2.25. The number of halogens is 2. The van der Waals surface area contributed by atoms with E-state index in [2.05, 4.69) is 4.98 Å².